The number of hydrogen-bond donors (Lipinski definition) is 1. The van der Waals surface area contributed by atoms with Gasteiger partial charge in [-0.3, -0.25) is 0 Å². The van der Waals surface area contributed by atoms with E-state index in [0.29, 0.717) is 5.69 Å². The molecule has 0 amide bonds. The van der Waals surface area contributed by atoms with Crippen molar-refractivity contribution in [3.05, 3.63) is 35.3 Å². The van der Waals surface area contributed by atoms with Gasteiger partial charge in [-0.1, -0.05) is 25.4 Å². The molecule has 1 radical (unpaired) electrons. The van der Waals surface area contributed by atoms with E-state index in [1.807, 2.05) is 13.8 Å². The Hall–Kier alpha value is -0.900. The molecule has 1 N–H and O–H groups in total. The second kappa shape index (κ2) is 4.95. The van der Waals surface area contributed by atoms with Gasteiger partial charge in [-0.25, -0.2) is 0 Å². The SMILES string of the molecule is CC(C)[CH]Nc1ccc(C(F)(F)F)cc1Cl. The minimum absolute atomic E-state index is 0.0618. The topological polar surface area (TPSA) is 12.0 Å². The smallest absolute Gasteiger partial charge is 0.379 e. The van der Waals surface area contributed by atoms with Crippen molar-refractivity contribution in [1.29, 1.82) is 0 Å². The van der Waals surface area contributed by atoms with Crippen LogP contribution in [0.5, 0.6) is 0 Å². The molecular formula is C11H12ClF3N. The lowest BCUT2D eigenvalue weighted by molar-refractivity contribution is -0.137. The predicted octanol–water partition coefficient (Wildman–Crippen LogP) is 4.59. The fourth-order valence-corrected chi connectivity index (χ4v) is 1.30. The molecule has 1 aromatic carbocycles. The van der Waals surface area contributed by atoms with E-state index in [9.17, 15) is 13.2 Å². The number of halogens is 4. The van der Waals surface area contributed by atoms with Gasteiger partial charge in [0.05, 0.1) is 16.3 Å². The highest BCUT2D eigenvalue weighted by Gasteiger charge is 2.30. The molecule has 1 nitrogen and oxygen atoms in total. The summed E-state index contributed by atoms with van der Waals surface area (Å²) in [5.41, 5.74) is -0.268. The first kappa shape index (κ1) is 13.2. The molecule has 0 unspecified atom stereocenters. The number of anilines is 1. The maximum absolute atomic E-state index is 12.3. The highest BCUT2D eigenvalue weighted by atomic mass is 35.5. The molecule has 0 bridgehead atoms. The predicted molar refractivity (Wildman–Crippen MR) is 59.2 cm³/mol. The van der Waals surface area contributed by atoms with E-state index in [-0.39, 0.29) is 10.9 Å². The molecule has 0 aliphatic rings. The third-order valence-corrected chi connectivity index (χ3v) is 2.18. The van der Waals surface area contributed by atoms with Crippen molar-refractivity contribution in [3.63, 3.8) is 0 Å². The number of alkyl halides is 3. The Morgan fingerprint density at radius 2 is 1.94 bits per heavy atom. The van der Waals surface area contributed by atoms with E-state index in [1.165, 1.54) is 6.07 Å². The van der Waals surface area contributed by atoms with Gasteiger partial charge in [-0.15, -0.1) is 0 Å². The summed E-state index contributed by atoms with van der Waals surface area (Å²) in [6.07, 6.45) is -4.36. The zero-order valence-corrected chi connectivity index (χ0v) is 9.65. The van der Waals surface area contributed by atoms with Crippen LogP contribution in [0.25, 0.3) is 0 Å². The third-order valence-electron chi connectivity index (χ3n) is 1.87. The molecule has 0 aliphatic heterocycles. The van der Waals surface area contributed by atoms with Crippen LogP contribution >= 0.6 is 11.6 Å². The lowest BCUT2D eigenvalue weighted by Gasteiger charge is -2.12. The van der Waals surface area contributed by atoms with E-state index < -0.39 is 11.7 Å². The summed E-state index contributed by atoms with van der Waals surface area (Å²) in [5.74, 6) is 0.276. The van der Waals surface area contributed by atoms with Gasteiger partial charge in [0.2, 0.25) is 0 Å². The Labute approximate surface area is 97.6 Å². The summed E-state index contributed by atoms with van der Waals surface area (Å²) in [6.45, 7) is 5.66. The first-order valence-corrected chi connectivity index (χ1v) is 5.15. The fraction of sp³-hybridized carbons (Fsp3) is 0.364. The molecule has 0 fully saturated rings. The van der Waals surface area contributed by atoms with Crippen molar-refractivity contribution in [2.45, 2.75) is 20.0 Å². The zero-order valence-electron chi connectivity index (χ0n) is 8.90. The Morgan fingerprint density at radius 3 is 2.38 bits per heavy atom. The summed E-state index contributed by atoms with van der Waals surface area (Å²) in [5, 5.41) is 2.93. The minimum Gasteiger partial charge on any atom is -0.379 e. The molecule has 16 heavy (non-hydrogen) atoms. The summed E-state index contributed by atoms with van der Waals surface area (Å²) in [6, 6.07) is 3.24. The van der Waals surface area contributed by atoms with Gasteiger partial charge in [0.15, 0.2) is 0 Å². The number of rotatable bonds is 3. The van der Waals surface area contributed by atoms with Gasteiger partial charge >= 0.3 is 6.18 Å². The van der Waals surface area contributed by atoms with Crippen molar-refractivity contribution >= 4 is 17.3 Å². The molecule has 89 valence electrons. The number of hydrogen-bond acceptors (Lipinski definition) is 1. The second-order valence-electron chi connectivity index (χ2n) is 3.75. The molecule has 0 saturated heterocycles. The number of nitrogens with one attached hydrogen (secondary N) is 1. The Balaban J connectivity index is 2.84. The van der Waals surface area contributed by atoms with Crippen LogP contribution in [0, 0.1) is 12.5 Å². The van der Waals surface area contributed by atoms with Crippen molar-refractivity contribution < 1.29 is 13.2 Å². The highest BCUT2D eigenvalue weighted by molar-refractivity contribution is 6.33. The summed E-state index contributed by atoms with van der Waals surface area (Å²) >= 11 is 5.74. The lowest BCUT2D eigenvalue weighted by Crippen LogP contribution is -2.06. The summed E-state index contributed by atoms with van der Waals surface area (Å²) in [7, 11) is 0. The van der Waals surface area contributed by atoms with Crippen LogP contribution in [0.4, 0.5) is 18.9 Å². The van der Waals surface area contributed by atoms with Gasteiger partial charge in [0, 0.05) is 6.54 Å². The average Bonchev–Trinajstić information content (AvgIpc) is 2.14. The normalized spacial score (nSPS) is 11.9. The van der Waals surface area contributed by atoms with Crippen LogP contribution in [0.1, 0.15) is 19.4 Å². The Kier molecular flexibility index (Phi) is 4.08. The van der Waals surface area contributed by atoms with Crippen molar-refractivity contribution in [2.24, 2.45) is 5.92 Å². The standard InChI is InChI=1S/C11H12ClF3N/c1-7(2)6-16-10-4-3-8(5-9(10)12)11(13,14)15/h3-7,16H,1-2H3. The molecule has 1 aromatic rings. The summed E-state index contributed by atoms with van der Waals surface area (Å²) in [4.78, 5) is 0. The van der Waals surface area contributed by atoms with E-state index in [0.717, 1.165) is 12.1 Å². The third kappa shape index (κ3) is 3.59. The minimum atomic E-state index is -4.36. The Bertz CT molecular complexity index is 361. The van der Waals surface area contributed by atoms with Crippen molar-refractivity contribution in [2.75, 3.05) is 5.32 Å². The molecule has 0 heterocycles. The number of benzene rings is 1. The molecular weight excluding hydrogens is 239 g/mol. The van der Waals surface area contributed by atoms with Crippen molar-refractivity contribution in [3.8, 4) is 0 Å². The first-order valence-electron chi connectivity index (χ1n) is 4.77. The second-order valence-corrected chi connectivity index (χ2v) is 4.15. The monoisotopic (exact) mass is 250 g/mol. The molecule has 0 spiro atoms. The van der Waals surface area contributed by atoms with Gasteiger partial charge in [0.25, 0.3) is 0 Å². The molecule has 0 aromatic heterocycles. The molecule has 0 atom stereocenters. The van der Waals surface area contributed by atoms with E-state index in [2.05, 4.69) is 5.32 Å². The van der Waals surface area contributed by atoms with Crippen LogP contribution < -0.4 is 5.32 Å². The van der Waals surface area contributed by atoms with Crippen LogP contribution in [0.2, 0.25) is 5.02 Å². The Morgan fingerprint density at radius 1 is 1.31 bits per heavy atom. The van der Waals surface area contributed by atoms with Gasteiger partial charge in [-0.2, -0.15) is 13.2 Å². The van der Waals surface area contributed by atoms with Gasteiger partial charge < -0.3 is 5.32 Å². The van der Waals surface area contributed by atoms with Gasteiger partial charge in [-0.05, 0) is 24.1 Å². The lowest BCUT2D eigenvalue weighted by atomic mass is 10.2. The average molecular weight is 251 g/mol. The van der Waals surface area contributed by atoms with Crippen LogP contribution in [0.15, 0.2) is 18.2 Å². The first-order chi connectivity index (χ1) is 7.30. The quantitative estimate of drug-likeness (QED) is 0.827. The van der Waals surface area contributed by atoms with Crippen molar-refractivity contribution in [1.82, 2.24) is 0 Å². The molecule has 1 rings (SSSR count). The van der Waals surface area contributed by atoms with E-state index in [4.69, 9.17) is 11.6 Å². The van der Waals surface area contributed by atoms with Crippen LogP contribution in [-0.4, -0.2) is 0 Å². The van der Waals surface area contributed by atoms with E-state index >= 15 is 0 Å². The largest absolute Gasteiger partial charge is 0.416 e. The zero-order chi connectivity index (χ0) is 12.3. The highest BCUT2D eigenvalue weighted by Crippen LogP contribution is 2.33. The fourth-order valence-electron chi connectivity index (χ4n) is 1.06. The molecule has 0 aliphatic carbocycles. The van der Waals surface area contributed by atoms with Gasteiger partial charge in [0.1, 0.15) is 0 Å². The summed E-state index contributed by atoms with van der Waals surface area (Å²) < 4.78 is 37.0. The van der Waals surface area contributed by atoms with Crippen LogP contribution in [-0.2, 0) is 6.18 Å². The van der Waals surface area contributed by atoms with E-state index in [1.54, 1.807) is 6.54 Å². The molecule has 0 saturated carbocycles. The maximum Gasteiger partial charge on any atom is 0.416 e. The maximum atomic E-state index is 12.3. The molecule has 5 heteroatoms. The van der Waals surface area contributed by atoms with Crippen LogP contribution in [0.3, 0.4) is 0 Å².